The lowest BCUT2D eigenvalue weighted by Gasteiger charge is -2.35. The molecule has 31 heavy (non-hydrogen) atoms. The van der Waals surface area contributed by atoms with Crippen molar-refractivity contribution in [2.45, 2.75) is 25.3 Å². The van der Waals surface area contributed by atoms with Crippen molar-refractivity contribution < 1.29 is 9.59 Å². The average molecular weight is 438 g/mol. The highest BCUT2D eigenvalue weighted by molar-refractivity contribution is 7.08. The van der Waals surface area contributed by atoms with Crippen molar-refractivity contribution in [3.63, 3.8) is 0 Å². The van der Waals surface area contributed by atoms with Gasteiger partial charge in [0.15, 0.2) is 0 Å². The summed E-state index contributed by atoms with van der Waals surface area (Å²) in [4.78, 5) is 31.4. The summed E-state index contributed by atoms with van der Waals surface area (Å²) < 4.78 is 0. The van der Waals surface area contributed by atoms with E-state index in [4.69, 9.17) is 5.26 Å². The van der Waals surface area contributed by atoms with Crippen LogP contribution in [-0.4, -0.2) is 67.0 Å². The van der Waals surface area contributed by atoms with Crippen molar-refractivity contribution in [2.24, 2.45) is 0 Å². The Morgan fingerprint density at radius 3 is 2.35 bits per heavy atom. The Bertz CT molecular complexity index is 930. The highest BCUT2D eigenvalue weighted by Crippen LogP contribution is 2.21. The number of nitrogens with one attached hydrogen (secondary N) is 1. The van der Waals surface area contributed by atoms with Crippen molar-refractivity contribution in [2.75, 3.05) is 44.2 Å². The number of thiophene rings is 1. The van der Waals surface area contributed by atoms with Crippen LogP contribution in [-0.2, 0) is 0 Å². The lowest BCUT2D eigenvalue weighted by Crippen LogP contribution is -2.50. The molecule has 3 amide bonds. The summed E-state index contributed by atoms with van der Waals surface area (Å²) in [6, 6.07) is 11.8. The number of anilines is 1. The first-order valence-corrected chi connectivity index (χ1v) is 11.7. The zero-order valence-electron chi connectivity index (χ0n) is 17.5. The molecule has 1 aromatic heterocycles. The van der Waals surface area contributed by atoms with Crippen molar-refractivity contribution in [1.29, 1.82) is 5.26 Å². The molecule has 3 heterocycles. The Hall–Kier alpha value is -3.05. The summed E-state index contributed by atoms with van der Waals surface area (Å²) in [6.45, 7) is 4.23. The molecule has 0 saturated carbocycles. The highest BCUT2D eigenvalue weighted by Gasteiger charge is 2.26. The molecule has 2 aliphatic rings. The van der Waals surface area contributed by atoms with Gasteiger partial charge in [0.1, 0.15) is 0 Å². The number of piperidine rings is 1. The molecule has 8 heteroatoms. The van der Waals surface area contributed by atoms with Gasteiger partial charge in [-0.25, -0.2) is 4.79 Å². The Morgan fingerprint density at radius 2 is 1.68 bits per heavy atom. The van der Waals surface area contributed by atoms with Crippen LogP contribution in [0.5, 0.6) is 0 Å². The summed E-state index contributed by atoms with van der Waals surface area (Å²) in [5, 5.41) is 15.9. The fourth-order valence-electron chi connectivity index (χ4n) is 4.19. The largest absolute Gasteiger partial charge is 0.371 e. The van der Waals surface area contributed by atoms with Gasteiger partial charge < -0.3 is 20.0 Å². The maximum atomic E-state index is 12.8. The molecule has 1 aromatic carbocycles. The van der Waals surface area contributed by atoms with Gasteiger partial charge in [-0.3, -0.25) is 4.79 Å². The van der Waals surface area contributed by atoms with E-state index in [-0.39, 0.29) is 18.0 Å². The molecule has 2 aliphatic heterocycles. The van der Waals surface area contributed by atoms with E-state index in [9.17, 15) is 9.59 Å². The normalized spacial score (nSPS) is 17.7. The molecule has 0 aliphatic carbocycles. The molecule has 0 unspecified atom stereocenters. The fourth-order valence-corrected chi connectivity index (χ4v) is 4.82. The molecular formula is C23H27N5O2S. The summed E-state index contributed by atoms with van der Waals surface area (Å²) in [6.07, 6.45) is 2.57. The van der Waals surface area contributed by atoms with Crippen LogP contribution in [0.4, 0.5) is 10.5 Å². The van der Waals surface area contributed by atoms with Gasteiger partial charge in [-0.1, -0.05) is 0 Å². The molecule has 0 atom stereocenters. The maximum absolute atomic E-state index is 12.8. The van der Waals surface area contributed by atoms with E-state index >= 15 is 0 Å². The predicted octanol–water partition coefficient (Wildman–Crippen LogP) is 3.15. The third-order valence-electron chi connectivity index (χ3n) is 6.02. The van der Waals surface area contributed by atoms with Gasteiger partial charge in [0.25, 0.3) is 5.91 Å². The summed E-state index contributed by atoms with van der Waals surface area (Å²) in [5.74, 6) is 0.0543. The summed E-state index contributed by atoms with van der Waals surface area (Å²) >= 11 is 1.52. The van der Waals surface area contributed by atoms with Crippen molar-refractivity contribution in [1.82, 2.24) is 15.1 Å². The van der Waals surface area contributed by atoms with Gasteiger partial charge >= 0.3 is 6.03 Å². The summed E-state index contributed by atoms with van der Waals surface area (Å²) in [7, 11) is 0. The molecule has 4 rings (SSSR count). The minimum atomic E-state index is -0.0262. The fraction of sp³-hybridized carbons (Fsp3) is 0.435. The van der Waals surface area contributed by atoms with E-state index in [1.807, 2.05) is 50.9 Å². The number of hydrogen-bond donors (Lipinski definition) is 1. The van der Waals surface area contributed by atoms with Gasteiger partial charge in [0.05, 0.1) is 17.2 Å². The monoisotopic (exact) mass is 437 g/mol. The molecule has 0 spiro atoms. The van der Waals surface area contributed by atoms with E-state index in [1.54, 1.807) is 0 Å². The molecular weight excluding hydrogens is 410 g/mol. The number of hydrogen-bond acceptors (Lipinski definition) is 5. The minimum Gasteiger partial charge on any atom is -0.371 e. The zero-order valence-corrected chi connectivity index (χ0v) is 18.3. The van der Waals surface area contributed by atoms with E-state index < -0.39 is 0 Å². The molecule has 2 aromatic rings. The second kappa shape index (κ2) is 9.84. The van der Waals surface area contributed by atoms with Gasteiger partial charge in [0, 0.05) is 56.4 Å². The summed E-state index contributed by atoms with van der Waals surface area (Å²) in [5.41, 5.74) is 2.52. The lowest BCUT2D eigenvalue weighted by molar-refractivity contribution is 0.0762. The molecule has 2 saturated heterocycles. The van der Waals surface area contributed by atoms with E-state index in [0.29, 0.717) is 31.7 Å². The SMILES string of the molecule is N#Cc1ccc(N2CCC(NC(=O)N3CCCN(C(=O)c4ccsc4)CC3)CC2)cc1. The number of carbonyl (C=O) groups is 2. The molecule has 1 N–H and O–H groups in total. The van der Waals surface area contributed by atoms with Gasteiger partial charge in [-0.15, -0.1) is 0 Å². The smallest absolute Gasteiger partial charge is 0.317 e. The van der Waals surface area contributed by atoms with Gasteiger partial charge in [-0.2, -0.15) is 16.6 Å². The number of nitriles is 1. The van der Waals surface area contributed by atoms with Crippen LogP contribution in [0, 0.1) is 11.3 Å². The number of urea groups is 1. The topological polar surface area (TPSA) is 79.7 Å². The number of nitrogens with zero attached hydrogens (tertiary/aromatic N) is 4. The van der Waals surface area contributed by atoms with Crippen LogP contribution in [0.2, 0.25) is 0 Å². The van der Waals surface area contributed by atoms with E-state index in [0.717, 1.165) is 43.6 Å². The van der Waals surface area contributed by atoms with Crippen molar-refractivity contribution in [3.8, 4) is 6.07 Å². The third-order valence-corrected chi connectivity index (χ3v) is 6.71. The van der Waals surface area contributed by atoms with Crippen LogP contribution in [0.1, 0.15) is 35.2 Å². The number of carbonyl (C=O) groups excluding carboxylic acids is 2. The molecule has 0 bridgehead atoms. The van der Waals surface area contributed by atoms with Crippen molar-refractivity contribution in [3.05, 3.63) is 52.2 Å². The Kier molecular flexibility index (Phi) is 6.73. The maximum Gasteiger partial charge on any atom is 0.317 e. The standard InChI is InChI=1S/C23H27N5O2S/c24-16-18-2-4-21(5-3-18)26-11-6-20(7-12-26)25-23(30)28-10-1-9-27(13-14-28)22(29)19-8-15-31-17-19/h2-5,8,15,17,20H,1,6-7,9-14H2,(H,25,30). The van der Waals surface area contributed by atoms with Crippen LogP contribution in [0.25, 0.3) is 0 Å². The molecule has 162 valence electrons. The lowest BCUT2D eigenvalue weighted by atomic mass is 10.0. The molecule has 7 nitrogen and oxygen atoms in total. The van der Waals surface area contributed by atoms with E-state index in [2.05, 4.69) is 16.3 Å². The zero-order chi connectivity index (χ0) is 21.6. The molecule has 2 fully saturated rings. The average Bonchev–Trinajstić information content (AvgIpc) is 3.23. The Morgan fingerprint density at radius 1 is 0.968 bits per heavy atom. The highest BCUT2D eigenvalue weighted by atomic mass is 32.1. The predicted molar refractivity (Wildman–Crippen MR) is 121 cm³/mol. The third kappa shape index (κ3) is 5.17. The first kappa shape index (κ1) is 21.2. The second-order valence-electron chi connectivity index (χ2n) is 8.01. The van der Waals surface area contributed by atoms with Crippen LogP contribution >= 0.6 is 11.3 Å². The first-order chi connectivity index (χ1) is 15.1. The number of benzene rings is 1. The van der Waals surface area contributed by atoms with Gasteiger partial charge in [0.2, 0.25) is 0 Å². The van der Waals surface area contributed by atoms with Crippen LogP contribution in [0.15, 0.2) is 41.1 Å². The second-order valence-corrected chi connectivity index (χ2v) is 8.79. The Labute approximate surface area is 186 Å². The van der Waals surface area contributed by atoms with Crippen molar-refractivity contribution >= 4 is 29.0 Å². The van der Waals surface area contributed by atoms with Crippen LogP contribution < -0.4 is 10.2 Å². The minimum absolute atomic E-state index is 0.0262. The molecule has 0 radical (unpaired) electrons. The number of rotatable bonds is 3. The number of amides is 3. The Balaban J connectivity index is 1.24. The quantitative estimate of drug-likeness (QED) is 0.800. The first-order valence-electron chi connectivity index (χ1n) is 10.8. The van der Waals surface area contributed by atoms with Gasteiger partial charge in [-0.05, 0) is 55.0 Å². The van der Waals surface area contributed by atoms with E-state index in [1.165, 1.54) is 11.3 Å². The van der Waals surface area contributed by atoms with Crippen LogP contribution in [0.3, 0.4) is 0 Å².